The van der Waals surface area contributed by atoms with Gasteiger partial charge < -0.3 is 14.8 Å². The molecule has 1 aliphatic carbocycles. The van der Waals surface area contributed by atoms with Crippen LogP contribution in [0.15, 0.2) is 24.3 Å². The summed E-state index contributed by atoms with van der Waals surface area (Å²) in [4.78, 5) is 12.0. The molecule has 2 rings (SSSR count). The third-order valence-corrected chi connectivity index (χ3v) is 6.34. The van der Waals surface area contributed by atoms with E-state index >= 15 is 0 Å². The Kier molecular flexibility index (Phi) is 5.20. The fraction of sp³-hybridized carbons (Fsp3) is 0.533. The van der Waals surface area contributed by atoms with Crippen molar-refractivity contribution in [3.8, 4) is 0 Å². The normalized spacial score (nSPS) is 19.2. The molecule has 6 heteroatoms. The van der Waals surface area contributed by atoms with Crippen LogP contribution in [0.2, 0.25) is 0 Å². The van der Waals surface area contributed by atoms with Crippen molar-refractivity contribution in [2.45, 2.75) is 38.3 Å². The SMILES string of the molecule is CCOP(=O)(OCC)C(C(N)=O)C1CCc2ccccc21. The lowest BCUT2D eigenvalue weighted by atomic mass is 9.97. The van der Waals surface area contributed by atoms with Crippen molar-refractivity contribution in [3.05, 3.63) is 35.4 Å². The standard InChI is InChI=1S/C15H22NO4P/c1-3-19-21(18,20-4-2)14(15(16)17)13-10-9-11-7-5-6-8-12(11)13/h5-8,13-14H,3-4,9-10H2,1-2H3,(H2,16,17). The number of carbonyl (C=O) groups is 1. The van der Waals surface area contributed by atoms with Crippen LogP contribution in [0, 0.1) is 0 Å². The first kappa shape index (κ1) is 16.2. The zero-order chi connectivity index (χ0) is 15.5. The van der Waals surface area contributed by atoms with Crippen molar-refractivity contribution < 1.29 is 18.4 Å². The number of aryl methyl sites for hydroxylation is 1. The van der Waals surface area contributed by atoms with Gasteiger partial charge in [-0.2, -0.15) is 0 Å². The third-order valence-electron chi connectivity index (χ3n) is 3.81. The predicted octanol–water partition coefficient (Wildman–Crippen LogP) is 2.84. The van der Waals surface area contributed by atoms with Gasteiger partial charge in [0.25, 0.3) is 0 Å². The first-order valence-electron chi connectivity index (χ1n) is 7.29. The maximum atomic E-state index is 13.0. The highest BCUT2D eigenvalue weighted by molar-refractivity contribution is 7.55. The van der Waals surface area contributed by atoms with E-state index in [4.69, 9.17) is 14.8 Å². The minimum Gasteiger partial charge on any atom is -0.369 e. The van der Waals surface area contributed by atoms with Crippen LogP contribution in [0.4, 0.5) is 0 Å². The Bertz CT molecular complexity index is 550. The van der Waals surface area contributed by atoms with Gasteiger partial charge in [0.2, 0.25) is 5.91 Å². The molecule has 2 atom stereocenters. The van der Waals surface area contributed by atoms with Crippen molar-refractivity contribution >= 4 is 13.5 Å². The summed E-state index contributed by atoms with van der Waals surface area (Å²) in [5, 5.41) is 0. The Morgan fingerprint density at radius 3 is 2.52 bits per heavy atom. The molecule has 0 heterocycles. The molecule has 0 saturated heterocycles. The Balaban J connectivity index is 2.40. The quantitative estimate of drug-likeness (QED) is 0.785. The van der Waals surface area contributed by atoms with E-state index in [1.54, 1.807) is 13.8 Å². The van der Waals surface area contributed by atoms with Crippen molar-refractivity contribution in [3.63, 3.8) is 0 Å². The molecule has 2 unspecified atom stereocenters. The summed E-state index contributed by atoms with van der Waals surface area (Å²) < 4.78 is 23.7. The second-order valence-electron chi connectivity index (χ2n) is 5.07. The molecule has 1 aromatic rings. The molecule has 0 radical (unpaired) electrons. The summed E-state index contributed by atoms with van der Waals surface area (Å²) in [6.07, 6.45) is 1.58. The molecule has 0 spiro atoms. The number of primary amides is 1. The molecule has 0 aromatic heterocycles. The average molecular weight is 311 g/mol. The molecule has 5 nitrogen and oxygen atoms in total. The van der Waals surface area contributed by atoms with E-state index in [0.717, 1.165) is 18.4 Å². The van der Waals surface area contributed by atoms with Crippen molar-refractivity contribution in [2.75, 3.05) is 13.2 Å². The molecule has 1 amide bonds. The first-order chi connectivity index (χ1) is 10.0. The van der Waals surface area contributed by atoms with E-state index < -0.39 is 19.2 Å². The number of amides is 1. The van der Waals surface area contributed by atoms with Gasteiger partial charge in [-0.05, 0) is 37.8 Å². The van der Waals surface area contributed by atoms with Crippen LogP contribution in [-0.4, -0.2) is 24.8 Å². The lowest BCUT2D eigenvalue weighted by Crippen LogP contribution is -2.34. The van der Waals surface area contributed by atoms with E-state index in [1.807, 2.05) is 24.3 Å². The second-order valence-corrected chi connectivity index (χ2v) is 7.22. The van der Waals surface area contributed by atoms with Crippen LogP contribution >= 0.6 is 7.60 Å². The van der Waals surface area contributed by atoms with Gasteiger partial charge in [-0.1, -0.05) is 24.3 Å². The van der Waals surface area contributed by atoms with Crippen molar-refractivity contribution in [2.24, 2.45) is 5.73 Å². The van der Waals surface area contributed by atoms with Gasteiger partial charge in [0.1, 0.15) is 5.66 Å². The van der Waals surface area contributed by atoms with Gasteiger partial charge in [0.15, 0.2) is 0 Å². The molecular formula is C15H22NO4P. The number of rotatable bonds is 7. The van der Waals surface area contributed by atoms with Crippen LogP contribution in [0.1, 0.15) is 37.3 Å². The van der Waals surface area contributed by atoms with Crippen LogP contribution in [0.5, 0.6) is 0 Å². The molecule has 0 fully saturated rings. The largest absolute Gasteiger partial charge is 0.369 e. The number of carbonyl (C=O) groups excluding carboxylic acids is 1. The van der Waals surface area contributed by atoms with Crippen molar-refractivity contribution in [1.29, 1.82) is 0 Å². The minimum atomic E-state index is -3.56. The number of hydrogen-bond acceptors (Lipinski definition) is 4. The number of benzene rings is 1. The van der Waals surface area contributed by atoms with Gasteiger partial charge in [0.05, 0.1) is 13.2 Å². The van der Waals surface area contributed by atoms with Crippen LogP contribution < -0.4 is 5.73 Å². The van der Waals surface area contributed by atoms with E-state index in [1.165, 1.54) is 5.56 Å². The van der Waals surface area contributed by atoms with Crippen molar-refractivity contribution in [1.82, 2.24) is 0 Å². The maximum absolute atomic E-state index is 13.0. The summed E-state index contributed by atoms with van der Waals surface area (Å²) in [5.74, 6) is -0.829. The highest BCUT2D eigenvalue weighted by Crippen LogP contribution is 2.59. The van der Waals surface area contributed by atoms with Crippen LogP contribution in [-0.2, 0) is 24.8 Å². The fourth-order valence-electron chi connectivity index (χ4n) is 3.05. The van der Waals surface area contributed by atoms with E-state index in [2.05, 4.69) is 0 Å². The minimum absolute atomic E-state index is 0.206. The Hall–Kier alpha value is -1.16. The van der Waals surface area contributed by atoms with E-state index in [9.17, 15) is 9.36 Å². The number of nitrogens with two attached hydrogens (primary N) is 1. The lowest BCUT2D eigenvalue weighted by Gasteiger charge is -2.28. The molecule has 0 saturated carbocycles. The van der Waals surface area contributed by atoms with Gasteiger partial charge >= 0.3 is 7.60 Å². The molecule has 0 bridgehead atoms. The highest BCUT2D eigenvalue weighted by atomic mass is 31.2. The Morgan fingerprint density at radius 2 is 1.95 bits per heavy atom. The second kappa shape index (κ2) is 6.73. The molecule has 2 N–H and O–H groups in total. The third kappa shape index (κ3) is 3.20. The molecule has 116 valence electrons. The fourth-order valence-corrected chi connectivity index (χ4v) is 5.23. The average Bonchev–Trinajstić information content (AvgIpc) is 2.83. The molecule has 0 aliphatic heterocycles. The predicted molar refractivity (Wildman–Crippen MR) is 81.3 cm³/mol. The summed E-state index contributed by atoms with van der Waals surface area (Å²) in [6, 6.07) is 7.87. The summed E-state index contributed by atoms with van der Waals surface area (Å²) in [5.41, 5.74) is 6.82. The van der Waals surface area contributed by atoms with Crippen LogP contribution in [0.25, 0.3) is 0 Å². The first-order valence-corrected chi connectivity index (χ1v) is 8.90. The monoisotopic (exact) mass is 311 g/mol. The molecular weight excluding hydrogens is 289 g/mol. The van der Waals surface area contributed by atoms with Gasteiger partial charge in [0, 0.05) is 5.92 Å². The van der Waals surface area contributed by atoms with Gasteiger partial charge in [-0.3, -0.25) is 9.36 Å². The van der Waals surface area contributed by atoms with Crippen LogP contribution in [0.3, 0.4) is 0 Å². The maximum Gasteiger partial charge on any atom is 0.343 e. The molecule has 21 heavy (non-hydrogen) atoms. The highest BCUT2D eigenvalue weighted by Gasteiger charge is 2.47. The molecule has 1 aliphatic rings. The Labute approximate surface area is 125 Å². The summed E-state index contributed by atoms with van der Waals surface area (Å²) >= 11 is 0. The summed E-state index contributed by atoms with van der Waals surface area (Å²) in [6.45, 7) is 3.89. The number of hydrogen-bond donors (Lipinski definition) is 1. The van der Waals surface area contributed by atoms with Gasteiger partial charge in [-0.15, -0.1) is 0 Å². The topological polar surface area (TPSA) is 78.6 Å². The summed E-state index contributed by atoms with van der Waals surface area (Å²) in [7, 11) is -3.56. The number of fused-ring (bicyclic) bond motifs is 1. The zero-order valence-electron chi connectivity index (χ0n) is 12.5. The lowest BCUT2D eigenvalue weighted by molar-refractivity contribution is -0.118. The van der Waals surface area contributed by atoms with E-state index in [-0.39, 0.29) is 19.1 Å². The Morgan fingerprint density at radius 1 is 1.33 bits per heavy atom. The zero-order valence-corrected chi connectivity index (χ0v) is 13.3. The van der Waals surface area contributed by atoms with Gasteiger partial charge in [-0.25, -0.2) is 0 Å². The molecule has 1 aromatic carbocycles. The smallest absolute Gasteiger partial charge is 0.343 e. The van der Waals surface area contributed by atoms with E-state index in [0.29, 0.717) is 0 Å².